The molecule has 38 heavy (non-hydrogen) atoms. The molecule has 1 fully saturated rings. The summed E-state index contributed by atoms with van der Waals surface area (Å²) in [6, 6.07) is 14.8. The van der Waals surface area contributed by atoms with Crippen LogP contribution in [0.3, 0.4) is 0 Å². The smallest absolute Gasteiger partial charge is 0.257 e. The molecule has 5 rings (SSSR count). The van der Waals surface area contributed by atoms with Crippen molar-refractivity contribution in [2.24, 2.45) is 0 Å². The fourth-order valence-electron chi connectivity index (χ4n) is 3.96. The highest BCUT2D eigenvalue weighted by atomic mass is 16.1. The van der Waals surface area contributed by atoms with Crippen LogP contribution in [0.5, 0.6) is 0 Å². The van der Waals surface area contributed by atoms with Gasteiger partial charge in [0.05, 0.1) is 5.56 Å². The van der Waals surface area contributed by atoms with Crippen molar-refractivity contribution in [2.75, 3.05) is 46.6 Å². The summed E-state index contributed by atoms with van der Waals surface area (Å²) in [4.78, 5) is 43.2. The van der Waals surface area contributed by atoms with Crippen LogP contribution in [0.25, 0.3) is 0 Å². The third-order valence-electron chi connectivity index (χ3n) is 5.93. The molecule has 12 heteroatoms. The summed E-state index contributed by atoms with van der Waals surface area (Å²) in [7, 11) is 0. The van der Waals surface area contributed by atoms with Crippen LogP contribution in [-0.2, 0) is 6.42 Å². The summed E-state index contributed by atoms with van der Waals surface area (Å²) in [5.74, 6) is 2.46. The minimum absolute atomic E-state index is 0.242. The number of piperazine rings is 1. The zero-order valence-electron chi connectivity index (χ0n) is 20.7. The molecule has 3 aromatic heterocycles. The summed E-state index contributed by atoms with van der Waals surface area (Å²) < 4.78 is 0. The molecule has 0 saturated carbocycles. The fourth-order valence-corrected chi connectivity index (χ4v) is 3.96. The molecule has 4 heterocycles. The summed E-state index contributed by atoms with van der Waals surface area (Å²) in [6.07, 6.45) is 5.26. The number of rotatable bonds is 7. The van der Waals surface area contributed by atoms with Gasteiger partial charge in [-0.3, -0.25) is 4.79 Å². The van der Waals surface area contributed by atoms with E-state index in [-0.39, 0.29) is 5.91 Å². The first-order chi connectivity index (χ1) is 18.6. The van der Waals surface area contributed by atoms with E-state index in [0.29, 0.717) is 78.9 Å². The molecule has 0 bridgehead atoms. The fraction of sp³-hybridized carbons (Fsp3) is 0.231. The first-order valence-corrected chi connectivity index (χ1v) is 12.2. The van der Waals surface area contributed by atoms with Crippen molar-refractivity contribution in [1.29, 1.82) is 5.26 Å². The highest BCUT2D eigenvalue weighted by molar-refractivity contribution is 6.04. The summed E-state index contributed by atoms with van der Waals surface area (Å²) in [6.45, 7) is 4.58. The van der Waals surface area contributed by atoms with Crippen LogP contribution in [-0.4, -0.2) is 62.0 Å². The number of nitrogens with one attached hydrogen (secondary N) is 2. The minimum atomic E-state index is -0.242. The van der Waals surface area contributed by atoms with E-state index >= 15 is 0 Å². The van der Waals surface area contributed by atoms with Crippen molar-refractivity contribution in [3.63, 3.8) is 0 Å². The van der Waals surface area contributed by atoms with E-state index in [1.54, 1.807) is 18.3 Å². The Kier molecular flexibility index (Phi) is 7.26. The summed E-state index contributed by atoms with van der Waals surface area (Å²) >= 11 is 0. The topological polar surface area (TPSA) is 149 Å². The van der Waals surface area contributed by atoms with Gasteiger partial charge in [0.15, 0.2) is 11.5 Å². The molecule has 0 spiro atoms. The van der Waals surface area contributed by atoms with Crippen molar-refractivity contribution < 1.29 is 4.79 Å². The lowest BCUT2D eigenvalue weighted by atomic mass is 10.2. The maximum Gasteiger partial charge on any atom is 0.257 e. The number of aromatic nitrogens is 6. The molecule has 12 nitrogen and oxygen atoms in total. The number of nitrogens with zero attached hydrogens (tertiary/aromatic N) is 9. The standard InChI is InChI=1S/C26H25N11O/c1-2-21-32-25(33-22-9-8-18(17-30-22)24(38)31-19-6-4-3-5-7-19)35-26(34-21)37-14-12-36(13-15-37)23-20(16-27)28-10-11-29-23/h3-11,17H,2,12-15H2,1H3,(H,31,38)(H,30,32,33,34,35). The van der Waals surface area contributed by atoms with Gasteiger partial charge in [-0.15, -0.1) is 0 Å². The van der Waals surface area contributed by atoms with E-state index in [1.165, 1.54) is 12.4 Å². The molecule has 1 aromatic carbocycles. The zero-order valence-corrected chi connectivity index (χ0v) is 20.7. The number of nitriles is 1. The van der Waals surface area contributed by atoms with Crippen LogP contribution in [0.1, 0.15) is 28.8 Å². The normalized spacial score (nSPS) is 13.1. The average molecular weight is 508 g/mol. The van der Waals surface area contributed by atoms with Crippen LogP contribution in [0.15, 0.2) is 61.1 Å². The van der Waals surface area contributed by atoms with Gasteiger partial charge in [0.1, 0.15) is 17.7 Å². The number of pyridine rings is 1. The van der Waals surface area contributed by atoms with E-state index in [4.69, 9.17) is 0 Å². The molecule has 190 valence electrons. The van der Waals surface area contributed by atoms with Crippen molar-refractivity contribution in [3.05, 3.63) is 78.1 Å². The molecule has 1 aliphatic heterocycles. The number of carbonyl (C=O) groups excluding carboxylic acids is 1. The van der Waals surface area contributed by atoms with Crippen LogP contribution in [0.2, 0.25) is 0 Å². The molecule has 1 amide bonds. The largest absolute Gasteiger partial charge is 0.351 e. The van der Waals surface area contributed by atoms with E-state index in [1.807, 2.05) is 42.2 Å². The Hall–Kier alpha value is -5.18. The zero-order chi connectivity index (χ0) is 26.3. The van der Waals surface area contributed by atoms with Gasteiger partial charge in [-0.05, 0) is 24.3 Å². The third-order valence-corrected chi connectivity index (χ3v) is 5.93. The van der Waals surface area contributed by atoms with E-state index in [0.717, 1.165) is 0 Å². The number of benzene rings is 1. The Morgan fingerprint density at radius 2 is 1.71 bits per heavy atom. The maximum atomic E-state index is 12.5. The Morgan fingerprint density at radius 3 is 2.42 bits per heavy atom. The van der Waals surface area contributed by atoms with Crippen LogP contribution >= 0.6 is 0 Å². The molecular weight excluding hydrogens is 482 g/mol. The monoisotopic (exact) mass is 507 g/mol. The Morgan fingerprint density at radius 1 is 0.947 bits per heavy atom. The van der Waals surface area contributed by atoms with E-state index in [2.05, 4.69) is 51.5 Å². The molecular formula is C26H25N11O. The van der Waals surface area contributed by atoms with Crippen LogP contribution < -0.4 is 20.4 Å². The second-order valence-corrected chi connectivity index (χ2v) is 8.42. The highest BCUT2D eigenvalue weighted by Gasteiger charge is 2.23. The van der Waals surface area contributed by atoms with E-state index in [9.17, 15) is 10.1 Å². The predicted octanol–water partition coefficient (Wildman–Crippen LogP) is 2.81. The van der Waals surface area contributed by atoms with Gasteiger partial charge in [-0.2, -0.15) is 20.2 Å². The number of aryl methyl sites for hydroxylation is 1. The first kappa shape index (κ1) is 24.5. The van der Waals surface area contributed by atoms with Gasteiger partial charge in [0, 0.05) is 56.9 Å². The van der Waals surface area contributed by atoms with Crippen molar-refractivity contribution in [1.82, 2.24) is 29.9 Å². The molecule has 0 aliphatic carbocycles. The lowest BCUT2D eigenvalue weighted by Crippen LogP contribution is -2.47. The van der Waals surface area contributed by atoms with Crippen molar-refractivity contribution >= 4 is 35.1 Å². The van der Waals surface area contributed by atoms with Gasteiger partial charge in [0.2, 0.25) is 11.9 Å². The average Bonchev–Trinajstić information content (AvgIpc) is 2.98. The number of carbonyl (C=O) groups is 1. The Balaban J connectivity index is 1.26. The van der Waals surface area contributed by atoms with Crippen molar-refractivity contribution in [3.8, 4) is 6.07 Å². The number of anilines is 5. The second-order valence-electron chi connectivity index (χ2n) is 8.42. The van der Waals surface area contributed by atoms with Gasteiger partial charge in [-0.1, -0.05) is 25.1 Å². The van der Waals surface area contributed by atoms with Crippen LogP contribution in [0.4, 0.5) is 29.2 Å². The number of hydrogen-bond acceptors (Lipinski definition) is 11. The number of hydrogen-bond donors (Lipinski definition) is 2. The summed E-state index contributed by atoms with van der Waals surface area (Å²) in [5, 5.41) is 15.3. The van der Waals surface area contributed by atoms with Crippen molar-refractivity contribution in [2.45, 2.75) is 13.3 Å². The summed E-state index contributed by atoms with van der Waals surface area (Å²) in [5.41, 5.74) is 1.47. The SMILES string of the molecule is CCc1nc(Nc2ccc(C(=O)Nc3ccccc3)cn2)nc(N2CCN(c3nccnc3C#N)CC2)n1. The quantitative estimate of drug-likeness (QED) is 0.380. The van der Waals surface area contributed by atoms with Gasteiger partial charge in [0.25, 0.3) is 5.91 Å². The number of para-hydroxylation sites is 1. The maximum absolute atomic E-state index is 12.5. The van der Waals surface area contributed by atoms with Gasteiger partial charge in [-0.25, -0.2) is 15.0 Å². The second kappa shape index (κ2) is 11.3. The molecule has 0 atom stereocenters. The minimum Gasteiger partial charge on any atom is -0.351 e. The van der Waals surface area contributed by atoms with E-state index < -0.39 is 0 Å². The van der Waals surface area contributed by atoms with Crippen LogP contribution in [0, 0.1) is 11.3 Å². The molecule has 1 saturated heterocycles. The molecule has 0 radical (unpaired) electrons. The lowest BCUT2D eigenvalue weighted by Gasteiger charge is -2.35. The Labute approximate surface area is 219 Å². The molecule has 4 aromatic rings. The highest BCUT2D eigenvalue weighted by Crippen LogP contribution is 2.20. The molecule has 1 aliphatic rings. The van der Waals surface area contributed by atoms with Gasteiger partial charge >= 0.3 is 0 Å². The predicted molar refractivity (Wildman–Crippen MR) is 142 cm³/mol. The first-order valence-electron chi connectivity index (χ1n) is 12.2. The molecule has 0 unspecified atom stereocenters. The lowest BCUT2D eigenvalue weighted by molar-refractivity contribution is 0.102. The third kappa shape index (κ3) is 5.62. The number of amides is 1. The van der Waals surface area contributed by atoms with Gasteiger partial charge < -0.3 is 20.4 Å². The Bertz CT molecular complexity index is 1450. The molecule has 2 N–H and O–H groups in total.